The van der Waals surface area contributed by atoms with Crippen LogP contribution in [-0.2, 0) is 14.3 Å². The van der Waals surface area contributed by atoms with Crippen LogP contribution in [0, 0.1) is 11.3 Å². The molecule has 6 heteroatoms. The topological polar surface area (TPSA) is 74.2 Å². The predicted molar refractivity (Wildman–Crippen MR) is 108 cm³/mol. The third-order valence-corrected chi connectivity index (χ3v) is 5.77. The van der Waals surface area contributed by atoms with E-state index in [1.165, 1.54) is 0 Å². The monoisotopic (exact) mass is 397 g/mol. The second-order valence-corrected chi connectivity index (χ2v) is 8.66. The molecule has 154 valence electrons. The molecule has 2 atom stereocenters. The van der Waals surface area contributed by atoms with Gasteiger partial charge in [-0.05, 0) is 43.4 Å². The molecule has 1 unspecified atom stereocenters. The Bertz CT molecular complexity index is 927. The van der Waals surface area contributed by atoms with E-state index in [2.05, 4.69) is 13.8 Å². The number of ketones is 1. The van der Waals surface area contributed by atoms with E-state index in [1.807, 2.05) is 25.1 Å². The average Bonchev–Trinajstić information content (AvgIpc) is 2.65. The van der Waals surface area contributed by atoms with Crippen molar-refractivity contribution < 1.29 is 23.8 Å². The Kier molecular flexibility index (Phi) is 4.97. The normalized spacial score (nSPS) is 25.2. The Balaban J connectivity index is 1.85. The molecule has 4 rings (SSSR count). The first-order chi connectivity index (χ1) is 13.8. The summed E-state index contributed by atoms with van der Waals surface area (Å²) in [7, 11) is 0. The second kappa shape index (κ2) is 7.32. The fraction of sp³-hybridized carbons (Fsp3) is 0.522. The van der Waals surface area contributed by atoms with Gasteiger partial charge in [-0.1, -0.05) is 19.9 Å². The van der Waals surface area contributed by atoms with Gasteiger partial charge in [-0.25, -0.2) is 0 Å². The number of esters is 1. The van der Waals surface area contributed by atoms with Crippen LogP contribution in [0.5, 0.6) is 11.5 Å². The summed E-state index contributed by atoms with van der Waals surface area (Å²) in [5.41, 5.74) is 2.83. The van der Waals surface area contributed by atoms with Crippen molar-refractivity contribution in [3.05, 3.63) is 35.0 Å². The first-order valence-electron chi connectivity index (χ1n) is 10.2. The van der Waals surface area contributed by atoms with E-state index in [0.29, 0.717) is 48.8 Å². The van der Waals surface area contributed by atoms with Gasteiger partial charge in [0.1, 0.15) is 19.1 Å². The van der Waals surface area contributed by atoms with Crippen molar-refractivity contribution >= 4 is 17.5 Å². The number of ether oxygens (including phenoxy) is 3. The van der Waals surface area contributed by atoms with Crippen molar-refractivity contribution in [2.24, 2.45) is 16.3 Å². The van der Waals surface area contributed by atoms with E-state index in [1.54, 1.807) is 6.92 Å². The number of allylic oxidation sites excluding steroid dienone is 2. The number of hydrogen-bond donors (Lipinski definition) is 0. The SMILES string of the molecule is CCOC(=O)C1C(C)=NC2=C(C(=O)CC(C)(C)C2)[C@@H]1c1ccc2c(c1)OCCO2. The third kappa shape index (κ3) is 3.56. The van der Waals surface area contributed by atoms with Gasteiger partial charge in [-0.3, -0.25) is 14.6 Å². The number of aliphatic imine (C=N–C) groups is 1. The minimum absolute atomic E-state index is 0.0571. The molecule has 3 aliphatic rings. The van der Waals surface area contributed by atoms with Crippen molar-refractivity contribution in [1.29, 1.82) is 0 Å². The number of hydrogen-bond acceptors (Lipinski definition) is 6. The van der Waals surface area contributed by atoms with Gasteiger partial charge >= 0.3 is 5.97 Å². The lowest BCUT2D eigenvalue weighted by atomic mass is 9.67. The van der Waals surface area contributed by atoms with Crippen molar-refractivity contribution in [3.63, 3.8) is 0 Å². The summed E-state index contributed by atoms with van der Waals surface area (Å²) in [5, 5.41) is 0. The third-order valence-electron chi connectivity index (χ3n) is 5.77. The summed E-state index contributed by atoms with van der Waals surface area (Å²) in [6, 6.07) is 5.66. The summed E-state index contributed by atoms with van der Waals surface area (Å²) in [6.07, 6.45) is 1.15. The summed E-state index contributed by atoms with van der Waals surface area (Å²) in [4.78, 5) is 30.8. The lowest BCUT2D eigenvalue weighted by Crippen LogP contribution is -2.39. The highest BCUT2D eigenvalue weighted by atomic mass is 16.6. The molecule has 2 heterocycles. The van der Waals surface area contributed by atoms with E-state index in [-0.39, 0.29) is 23.8 Å². The fourth-order valence-electron chi connectivity index (χ4n) is 4.60. The average molecular weight is 397 g/mol. The Hall–Kier alpha value is -2.63. The molecule has 0 saturated heterocycles. The van der Waals surface area contributed by atoms with Crippen LogP contribution in [0.3, 0.4) is 0 Å². The number of fused-ring (bicyclic) bond motifs is 1. The maximum atomic E-state index is 13.2. The highest BCUT2D eigenvalue weighted by Gasteiger charge is 2.46. The van der Waals surface area contributed by atoms with Gasteiger partial charge in [0, 0.05) is 29.3 Å². The minimum atomic E-state index is -0.624. The zero-order valence-electron chi connectivity index (χ0n) is 17.4. The van der Waals surface area contributed by atoms with E-state index in [4.69, 9.17) is 19.2 Å². The molecule has 1 aromatic rings. The molecule has 0 aromatic heterocycles. The summed E-state index contributed by atoms with van der Waals surface area (Å²) >= 11 is 0. The highest BCUT2D eigenvalue weighted by molar-refractivity contribution is 6.09. The predicted octanol–water partition coefficient (Wildman–Crippen LogP) is 3.84. The van der Waals surface area contributed by atoms with Crippen molar-refractivity contribution in [2.45, 2.75) is 46.5 Å². The first-order valence-corrected chi connectivity index (χ1v) is 10.2. The second-order valence-electron chi connectivity index (χ2n) is 8.66. The van der Waals surface area contributed by atoms with Gasteiger partial charge in [0.25, 0.3) is 0 Å². The lowest BCUT2D eigenvalue weighted by Gasteiger charge is -2.39. The number of carbonyl (C=O) groups excluding carboxylic acids is 2. The lowest BCUT2D eigenvalue weighted by molar-refractivity contribution is -0.146. The van der Waals surface area contributed by atoms with Gasteiger partial charge in [-0.2, -0.15) is 0 Å². The molecule has 1 aliphatic carbocycles. The molecule has 6 nitrogen and oxygen atoms in total. The molecular weight excluding hydrogens is 370 g/mol. The number of benzene rings is 1. The minimum Gasteiger partial charge on any atom is -0.486 e. The number of rotatable bonds is 3. The van der Waals surface area contributed by atoms with Crippen LogP contribution in [0.15, 0.2) is 34.5 Å². The van der Waals surface area contributed by atoms with Crippen molar-refractivity contribution in [2.75, 3.05) is 19.8 Å². The van der Waals surface area contributed by atoms with Gasteiger partial charge in [0.15, 0.2) is 17.3 Å². The van der Waals surface area contributed by atoms with Crippen LogP contribution in [0.1, 0.15) is 52.0 Å². The molecular formula is C23H27NO5. The van der Waals surface area contributed by atoms with Gasteiger partial charge < -0.3 is 14.2 Å². The van der Waals surface area contributed by atoms with E-state index < -0.39 is 11.8 Å². The largest absolute Gasteiger partial charge is 0.486 e. The maximum Gasteiger partial charge on any atom is 0.315 e. The summed E-state index contributed by atoms with van der Waals surface area (Å²) in [5.74, 6) is -0.0247. The molecule has 0 N–H and O–H groups in total. The zero-order chi connectivity index (χ0) is 20.8. The van der Waals surface area contributed by atoms with Crippen LogP contribution < -0.4 is 9.47 Å². The smallest absolute Gasteiger partial charge is 0.315 e. The maximum absolute atomic E-state index is 13.2. The van der Waals surface area contributed by atoms with Crippen LogP contribution in [0.2, 0.25) is 0 Å². The van der Waals surface area contributed by atoms with Crippen molar-refractivity contribution in [3.8, 4) is 11.5 Å². The van der Waals surface area contributed by atoms with Gasteiger partial charge in [0.05, 0.1) is 6.61 Å². The number of Topliss-reactive ketones (excluding diaryl/α,β-unsaturated/α-hetero) is 1. The molecule has 0 amide bonds. The van der Waals surface area contributed by atoms with Crippen LogP contribution in [-0.4, -0.2) is 37.3 Å². The van der Waals surface area contributed by atoms with E-state index in [0.717, 1.165) is 11.3 Å². The van der Waals surface area contributed by atoms with Crippen LogP contribution in [0.25, 0.3) is 0 Å². The van der Waals surface area contributed by atoms with Crippen LogP contribution >= 0.6 is 0 Å². The molecule has 0 saturated carbocycles. The molecule has 29 heavy (non-hydrogen) atoms. The molecule has 2 aliphatic heterocycles. The molecule has 0 fully saturated rings. The molecule has 0 radical (unpaired) electrons. The Labute approximate surface area is 170 Å². The quantitative estimate of drug-likeness (QED) is 0.725. The van der Waals surface area contributed by atoms with Gasteiger partial charge in [-0.15, -0.1) is 0 Å². The van der Waals surface area contributed by atoms with E-state index in [9.17, 15) is 9.59 Å². The van der Waals surface area contributed by atoms with Gasteiger partial charge in [0.2, 0.25) is 0 Å². The number of carbonyl (C=O) groups is 2. The van der Waals surface area contributed by atoms with Crippen molar-refractivity contribution in [1.82, 2.24) is 0 Å². The van der Waals surface area contributed by atoms with Crippen LogP contribution in [0.4, 0.5) is 0 Å². The summed E-state index contributed by atoms with van der Waals surface area (Å²) in [6.45, 7) is 9.06. The number of nitrogens with zero attached hydrogens (tertiary/aromatic N) is 1. The molecule has 0 bridgehead atoms. The zero-order valence-corrected chi connectivity index (χ0v) is 17.4. The van der Waals surface area contributed by atoms with E-state index >= 15 is 0 Å². The Morgan fingerprint density at radius 2 is 1.93 bits per heavy atom. The molecule has 1 aromatic carbocycles. The summed E-state index contributed by atoms with van der Waals surface area (Å²) < 4.78 is 16.7. The fourth-order valence-corrected chi connectivity index (χ4v) is 4.60. The Morgan fingerprint density at radius 3 is 2.66 bits per heavy atom. The first kappa shape index (κ1) is 19.7. The standard InChI is InChI=1S/C23H27NO5/c1-5-27-22(26)19-13(2)24-15-11-23(3,4)12-16(25)21(15)20(19)14-6-7-17-18(10-14)29-9-8-28-17/h6-7,10,19-20H,5,8-9,11-12H2,1-4H3/t19?,20-/m1/s1. The highest BCUT2D eigenvalue weighted by Crippen LogP contribution is 2.49. The molecule has 0 spiro atoms. The Morgan fingerprint density at radius 1 is 1.21 bits per heavy atom.